The van der Waals surface area contributed by atoms with Crippen molar-refractivity contribution in [1.82, 2.24) is 4.90 Å². The van der Waals surface area contributed by atoms with Crippen LogP contribution in [0.25, 0.3) is 0 Å². The number of carboxylic acid groups (broad SMARTS) is 1. The van der Waals surface area contributed by atoms with Crippen LogP contribution in [0, 0.1) is 5.92 Å². The number of hydrogen-bond donors (Lipinski definition) is 1. The summed E-state index contributed by atoms with van der Waals surface area (Å²) in [5, 5.41) is 9.00. The van der Waals surface area contributed by atoms with Gasteiger partial charge in [0.15, 0.2) is 0 Å². The van der Waals surface area contributed by atoms with E-state index < -0.39 is 11.9 Å². The van der Waals surface area contributed by atoms with Gasteiger partial charge in [0, 0.05) is 19.0 Å². The minimum atomic E-state index is -0.819. The van der Waals surface area contributed by atoms with Crippen LogP contribution in [0.2, 0.25) is 0 Å². The molecule has 4 nitrogen and oxygen atoms in total. The average molecular weight is 255 g/mol. The number of aliphatic carboxylic acids is 1. The molecule has 0 saturated heterocycles. The molecule has 0 aromatic heterocycles. The van der Waals surface area contributed by atoms with Crippen LogP contribution in [-0.4, -0.2) is 34.5 Å². The van der Waals surface area contributed by atoms with Gasteiger partial charge in [-0.25, -0.2) is 0 Å². The Balaban J connectivity index is 2.66. The van der Waals surface area contributed by atoms with E-state index in [2.05, 4.69) is 0 Å². The fraction of sp³-hybridized carbons (Fsp3) is 0.857. The molecule has 104 valence electrons. The lowest BCUT2D eigenvalue weighted by atomic mass is 9.93. The Morgan fingerprint density at radius 2 is 1.89 bits per heavy atom. The summed E-state index contributed by atoms with van der Waals surface area (Å²) in [6, 6.07) is 0.264. The lowest BCUT2D eigenvalue weighted by molar-refractivity contribution is -0.144. The van der Waals surface area contributed by atoms with Crippen LogP contribution in [0.1, 0.15) is 58.8 Å². The summed E-state index contributed by atoms with van der Waals surface area (Å²) >= 11 is 0. The summed E-state index contributed by atoms with van der Waals surface area (Å²) in [5.41, 5.74) is 0. The molecule has 1 atom stereocenters. The van der Waals surface area contributed by atoms with Crippen LogP contribution in [0.15, 0.2) is 0 Å². The Bertz CT molecular complexity index is 285. The fourth-order valence-electron chi connectivity index (χ4n) is 2.58. The van der Waals surface area contributed by atoms with Gasteiger partial charge < -0.3 is 10.0 Å². The minimum Gasteiger partial charge on any atom is -0.481 e. The van der Waals surface area contributed by atoms with Gasteiger partial charge in [0.05, 0.1) is 5.92 Å². The Morgan fingerprint density at radius 3 is 2.39 bits per heavy atom. The molecule has 0 aromatic carbocycles. The predicted octanol–water partition coefficient (Wildman–Crippen LogP) is 2.67. The average Bonchev–Trinajstić information content (AvgIpc) is 2.36. The van der Waals surface area contributed by atoms with Crippen molar-refractivity contribution < 1.29 is 14.7 Å². The zero-order valence-corrected chi connectivity index (χ0v) is 11.5. The molecule has 1 aliphatic carbocycles. The fourth-order valence-corrected chi connectivity index (χ4v) is 2.58. The van der Waals surface area contributed by atoms with Crippen molar-refractivity contribution in [2.75, 3.05) is 6.54 Å². The maximum atomic E-state index is 12.1. The number of carbonyl (C=O) groups excluding carboxylic acids is 1. The van der Waals surface area contributed by atoms with E-state index in [-0.39, 0.29) is 11.9 Å². The van der Waals surface area contributed by atoms with E-state index in [9.17, 15) is 9.59 Å². The summed E-state index contributed by atoms with van der Waals surface area (Å²) in [4.78, 5) is 24.9. The van der Waals surface area contributed by atoms with Gasteiger partial charge >= 0.3 is 5.97 Å². The maximum Gasteiger partial charge on any atom is 0.308 e. The van der Waals surface area contributed by atoms with E-state index in [4.69, 9.17) is 5.11 Å². The van der Waals surface area contributed by atoms with Crippen molar-refractivity contribution in [3.05, 3.63) is 0 Å². The SMILES string of the molecule is CCCC(=O)N(CC(C)C(=O)O)C1CCCCC1. The molecule has 18 heavy (non-hydrogen) atoms. The van der Waals surface area contributed by atoms with E-state index in [0.717, 1.165) is 32.1 Å². The highest BCUT2D eigenvalue weighted by Gasteiger charge is 2.27. The molecule has 1 unspecified atom stereocenters. The molecular weight excluding hydrogens is 230 g/mol. The summed E-state index contributed by atoms with van der Waals surface area (Å²) in [6.07, 6.45) is 6.96. The first-order chi connectivity index (χ1) is 8.56. The topological polar surface area (TPSA) is 57.6 Å². The lowest BCUT2D eigenvalue weighted by Crippen LogP contribution is -2.44. The molecule has 1 saturated carbocycles. The molecule has 0 aromatic rings. The maximum absolute atomic E-state index is 12.1. The minimum absolute atomic E-state index is 0.123. The third-order valence-electron chi connectivity index (χ3n) is 3.69. The molecule has 1 aliphatic rings. The Hall–Kier alpha value is -1.06. The third-order valence-corrected chi connectivity index (χ3v) is 3.69. The first-order valence-corrected chi connectivity index (χ1v) is 7.08. The predicted molar refractivity (Wildman–Crippen MR) is 70.3 cm³/mol. The van der Waals surface area contributed by atoms with Crippen LogP contribution < -0.4 is 0 Å². The molecule has 0 radical (unpaired) electrons. The van der Waals surface area contributed by atoms with Crippen LogP contribution in [0.3, 0.4) is 0 Å². The molecule has 0 aliphatic heterocycles. The largest absolute Gasteiger partial charge is 0.481 e. The molecule has 1 fully saturated rings. The third kappa shape index (κ3) is 4.31. The van der Waals surface area contributed by atoms with Gasteiger partial charge in [0.1, 0.15) is 0 Å². The second kappa shape index (κ2) is 7.39. The standard InChI is InChI=1S/C14H25NO3/c1-3-7-13(16)15(10-11(2)14(17)18)12-8-5-4-6-9-12/h11-12H,3-10H2,1-2H3,(H,17,18). The highest BCUT2D eigenvalue weighted by molar-refractivity contribution is 5.77. The van der Waals surface area contributed by atoms with E-state index in [1.165, 1.54) is 6.42 Å². The van der Waals surface area contributed by atoms with Gasteiger partial charge in [-0.2, -0.15) is 0 Å². The molecule has 1 N–H and O–H groups in total. The number of hydrogen-bond acceptors (Lipinski definition) is 2. The van der Waals surface area contributed by atoms with Crippen molar-refractivity contribution in [2.45, 2.75) is 64.8 Å². The second-order valence-electron chi connectivity index (χ2n) is 5.33. The Morgan fingerprint density at radius 1 is 1.28 bits per heavy atom. The van der Waals surface area contributed by atoms with E-state index in [0.29, 0.717) is 13.0 Å². The smallest absolute Gasteiger partial charge is 0.308 e. The van der Waals surface area contributed by atoms with Gasteiger partial charge in [0.2, 0.25) is 5.91 Å². The highest BCUT2D eigenvalue weighted by atomic mass is 16.4. The summed E-state index contributed by atoms with van der Waals surface area (Å²) in [7, 11) is 0. The zero-order valence-electron chi connectivity index (χ0n) is 11.5. The summed E-state index contributed by atoms with van der Waals surface area (Å²) < 4.78 is 0. The molecule has 0 heterocycles. The van der Waals surface area contributed by atoms with E-state index >= 15 is 0 Å². The number of rotatable bonds is 6. The first-order valence-electron chi connectivity index (χ1n) is 7.08. The normalized spacial score (nSPS) is 18.3. The van der Waals surface area contributed by atoms with Crippen molar-refractivity contribution in [3.63, 3.8) is 0 Å². The molecule has 4 heteroatoms. The first kappa shape index (κ1) is 15.0. The van der Waals surface area contributed by atoms with Gasteiger partial charge in [-0.05, 0) is 19.3 Å². The van der Waals surface area contributed by atoms with Crippen molar-refractivity contribution in [1.29, 1.82) is 0 Å². The number of carboxylic acids is 1. The Kier molecular flexibility index (Phi) is 6.16. The van der Waals surface area contributed by atoms with Crippen LogP contribution in [0.4, 0.5) is 0 Å². The lowest BCUT2D eigenvalue weighted by Gasteiger charge is -2.35. The van der Waals surface area contributed by atoms with E-state index in [1.807, 2.05) is 11.8 Å². The molecular formula is C14H25NO3. The number of nitrogens with zero attached hydrogens (tertiary/aromatic N) is 1. The molecule has 0 spiro atoms. The van der Waals surface area contributed by atoms with Gasteiger partial charge in [-0.15, -0.1) is 0 Å². The van der Waals surface area contributed by atoms with Crippen LogP contribution in [0.5, 0.6) is 0 Å². The second-order valence-corrected chi connectivity index (χ2v) is 5.33. The molecule has 1 amide bonds. The van der Waals surface area contributed by atoms with Crippen molar-refractivity contribution >= 4 is 11.9 Å². The molecule has 1 rings (SSSR count). The van der Waals surface area contributed by atoms with Crippen molar-refractivity contribution in [2.24, 2.45) is 5.92 Å². The van der Waals surface area contributed by atoms with Gasteiger partial charge in [-0.3, -0.25) is 9.59 Å². The highest BCUT2D eigenvalue weighted by Crippen LogP contribution is 2.24. The summed E-state index contributed by atoms with van der Waals surface area (Å²) in [5.74, 6) is -1.18. The van der Waals surface area contributed by atoms with Gasteiger partial charge in [-0.1, -0.05) is 33.1 Å². The monoisotopic (exact) mass is 255 g/mol. The van der Waals surface area contributed by atoms with Crippen LogP contribution in [-0.2, 0) is 9.59 Å². The number of amides is 1. The van der Waals surface area contributed by atoms with Crippen LogP contribution >= 0.6 is 0 Å². The van der Waals surface area contributed by atoms with E-state index in [1.54, 1.807) is 6.92 Å². The quantitative estimate of drug-likeness (QED) is 0.793. The summed E-state index contributed by atoms with van der Waals surface area (Å²) in [6.45, 7) is 4.02. The van der Waals surface area contributed by atoms with Gasteiger partial charge in [0.25, 0.3) is 0 Å². The Labute approximate surface area is 109 Å². The zero-order chi connectivity index (χ0) is 13.5. The number of carbonyl (C=O) groups is 2. The molecule has 0 bridgehead atoms. The van der Waals surface area contributed by atoms with Crippen molar-refractivity contribution in [3.8, 4) is 0 Å².